The van der Waals surface area contributed by atoms with Gasteiger partial charge >= 0.3 is 0 Å². The van der Waals surface area contributed by atoms with Crippen molar-refractivity contribution in [3.8, 4) is 0 Å². The lowest BCUT2D eigenvalue weighted by Crippen LogP contribution is -2.68. The van der Waals surface area contributed by atoms with E-state index in [1.54, 1.807) is 13.8 Å². The molecule has 0 aliphatic carbocycles. The maximum absolute atomic E-state index is 11.0. The van der Waals surface area contributed by atoms with Crippen LogP contribution in [0.3, 0.4) is 0 Å². The molecule has 6 aliphatic heterocycles. The summed E-state index contributed by atoms with van der Waals surface area (Å²) in [7, 11) is 2.84. The minimum absolute atomic E-state index is 0.0475. The average Bonchev–Trinajstić information content (AvgIpc) is 3.38. The monoisotopic (exact) mass is 1010 g/mol. The van der Waals surface area contributed by atoms with E-state index in [1.165, 1.54) is 39.9 Å². The molecule has 6 fully saturated rings. The van der Waals surface area contributed by atoms with Gasteiger partial charge in [-0.25, -0.2) is 0 Å². The molecule has 22 unspecified atom stereocenters. The van der Waals surface area contributed by atoms with Gasteiger partial charge in [-0.1, -0.05) is 123 Å². The van der Waals surface area contributed by atoms with Gasteiger partial charge in [-0.2, -0.15) is 0 Å². The Balaban J connectivity index is 0.00000257. The van der Waals surface area contributed by atoms with Crippen LogP contribution in [0.5, 0.6) is 0 Å². The van der Waals surface area contributed by atoms with E-state index < -0.39 is 135 Å². The molecule has 10 N–H and O–H groups in total. The van der Waals surface area contributed by atoms with E-state index in [0.29, 0.717) is 0 Å². The number of hydrogen-bond acceptors (Lipinski definition) is 21. The van der Waals surface area contributed by atoms with Crippen molar-refractivity contribution in [3.05, 3.63) is 0 Å². The minimum atomic E-state index is -1.66. The third-order valence-electron chi connectivity index (χ3n) is 11.6. The predicted octanol–water partition coefficient (Wildman–Crippen LogP) is 1.73. The van der Waals surface area contributed by atoms with Crippen LogP contribution in [0.1, 0.15) is 123 Å². The summed E-state index contributed by atoms with van der Waals surface area (Å²) >= 11 is 0. The fraction of sp³-hybridized carbons (Fsp3) is 1.00. The van der Waals surface area contributed by atoms with Crippen molar-refractivity contribution in [2.75, 3.05) is 53.7 Å². The van der Waals surface area contributed by atoms with Crippen molar-refractivity contribution in [1.82, 2.24) is 10.6 Å². The Labute approximate surface area is 414 Å². The molecule has 0 saturated carbocycles. The second-order valence-corrected chi connectivity index (χ2v) is 16.8. The van der Waals surface area contributed by atoms with Gasteiger partial charge in [0, 0.05) is 39.1 Å². The van der Waals surface area contributed by atoms with Gasteiger partial charge in [0.05, 0.1) is 62.9 Å². The Bertz CT molecular complexity index is 1130. The zero-order chi connectivity index (χ0) is 53.0. The second-order valence-electron chi connectivity index (χ2n) is 16.8. The van der Waals surface area contributed by atoms with E-state index in [-0.39, 0.29) is 39.5 Å². The molecule has 21 heteroatoms. The number of fused-ring (bicyclic) bond motifs is 2. The fourth-order valence-corrected chi connectivity index (χ4v) is 7.72. The summed E-state index contributed by atoms with van der Waals surface area (Å²) in [4.78, 5) is 0. The molecule has 416 valence electrons. The van der Waals surface area contributed by atoms with Crippen LogP contribution >= 0.6 is 0 Å². The number of nitrogens with one attached hydrogen (secondary N) is 2. The molecule has 6 aliphatic rings. The number of rotatable bonds is 13. The first-order valence-electron chi connectivity index (χ1n) is 25.8. The van der Waals surface area contributed by atoms with Crippen LogP contribution in [0.15, 0.2) is 0 Å². The molecule has 6 rings (SSSR count). The molecular weight excluding hydrogens is 909 g/mol. The summed E-state index contributed by atoms with van der Waals surface area (Å²) in [5.74, 6) is -0.792. The van der Waals surface area contributed by atoms with E-state index in [1.807, 2.05) is 41.5 Å². The van der Waals surface area contributed by atoms with Crippen molar-refractivity contribution in [3.63, 3.8) is 0 Å². The SMILES string of the molecule is CC.CC.CC.CCC.CCC.CCCC.COC1OC(CO)C(C)C(O)C1NCC1OCC2OC(OC3OC4COC(CNC5C(OC)OC(CO)C(C)C5O)OC4C(O)C3O)C(O)C(O)C2O1. The maximum Gasteiger partial charge on any atom is 0.189 e. The van der Waals surface area contributed by atoms with Gasteiger partial charge < -0.3 is 104 Å². The van der Waals surface area contributed by atoms with E-state index in [4.69, 9.17) is 52.1 Å². The molecule has 0 bridgehead atoms. The molecule has 6 heterocycles. The largest absolute Gasteiger partial charge is 0.394 e. The predicted molar refractivity (Wildman–Crippen MR) is 258 cm³/mol. The van der Waals surface area contributed by atoms with Crippen LogP contribution in [0.25, 0.3) is 0 Å². The van der Waals surface area contributed by atoms with Crippen LogP contribution in [-0.4, -0.2) is 218 Å². The summed E-state index contributed by atoms with van der Waals surface area (Å²) in [6.07, 6.45) is -14.7. The van der Waals surface area contributed by atoms with Crippen molar-refractivity contribution < 1.29 is 93.0 Å². The highest BCUT2D eigenvalue weighted by Crippen LogP contribution is 2.35. The maximum atomic E-state index is 11.0. The smallest absolute Gasteiger partial charge is 0.189 e. The van der Waals surface area contributed by atoms with Crippen LogP contribution in [0.4, 0.5) is 0 Å². The zero-order valence-electron chi connectivity index (χ0n) is 44.8. The minimum Gasteiger partial charge on any atom is -0.394 e. The quantitative estimate of drug-likeness (QED) is 0.126. The van der Waals surface area contributed by atoms with E-state index >= 15 is 0 Å². The van der Waals surface area contributed by atoms with Crippen molar-refractivity contribution in [2.24, 2.45) is 11.8 Å². The third-order valence-corrected chi connectivity index (χ3v) is 11.6. The lowest BCUT2D eigenvalue weighted by molar-refractivity contribution is -0.409. The molecule has 6 saturated heterocycles. The molecule has 0 aromatic carbocycles. The first-order valence-corrected chi connectivity index (χ1v) is 25.8. The lowest BCUT2D eigenvalue weighted by Gasteiger charge is -2.49. The highest BCUT2D eigenvalue weighted by atomic mass is 16.8. The molecule has 69 heavy (non-hydrogen) atoms. The van der Waals surface area contributed by atoms with Crippen molar-refractivity contribution in [2.45, 2.75) is 246 Å². The van der Waals surface area contributed by atoms with E-state index in [2.05, 4.69) is 52.2 Å². The molecule has 21 nitrogen and oxygen atoms in total. The van der Waals surface area contributed by atoms with E-state index in [9.17, 15) is 40.9 Å². The van der Waals surface area contributed by atoms with Gasteiger partial charge in [-0.15, -0.1) is 0 Å². The Hall–Kier alpha value is -0.840. The standard InChI is InChI=1S/C32H56N2O19.C4H10.2C3H8.3C2H6/c1-11-13(7-35)47-29(43-3)19(21(11)37)33-5-17-45-9-15-27(51-17)23(39)25(41)31(49-15)53-32-26(42)24(40)28-16(50-32)10-46-18(52-28)6-34-20-22(38)12(2)14(8-36)48-30(20)44-4;1-3-4-2;2*1-3-2;3*1-2/h11-42H,5-10H2,1-4H3;3-4H2,1-2H3;2*3H2,1-2H3;3*1-2H3. The topological polar surface area (TPSA) is 287 Å². The van der Waals surface area contributed by atoms with Gasteiger partial charge in [-0.3, -0.25) is 0 Å². The molecular formula is C48H100N2O19. The summed E-state index contributed by atoms with van der Waals surface area (Å²) in [5, 5.41) is 91.0. The first-order chi connectivity index (χ1) is 33.1. The fourth-order valence-electron chi connectivity index (χ4n) is 7.72. The summed E-state index contributed by atoms with van der Waals surface area (Å²) in [5.41, 5.74) is 0. The zero-order valence-corrected chi connectivity index (χ0v) is 44.8. The normalized spacial score (nSPS) is 41.2. The number of aliphatic hydroxyl groups excluding tert-OH is 8. The molecule has 0 amide bonds. The Morgan fingerprint density at radius 1 is 0.464 bits per heavy atom. The molecule has 22 atom stereocenters. The van der Waals surface area contributed by atoms with Gasteiger partial charge in [0.1, 0.15) is 48.8 Å². The Morgan fingerprint density at radius 2 is 0.783 bits per heavy atom. The summed E-state index contributed by atoms with van der Waals surface area (Å²) < 4.78 is 63.1. The lowest BCUT2D eigenvalue weighted by atomic mass is 9.89. The number of unbranched alkanes of at least 4 members (excludes halogenated alkanes) is 1. The third kappa shape index (κ3) is 19.7. The van der Waals surface area contributed by atoms with Crippen molar-refractivity contribution >= 4 is 0 Å². The summed E-state index contributed by atoms with van der Waals surface area (Å²) in [6, 6.07) is -1.37. The highest BCUT2D eigenvalue weighted by molar-refractivity contribution is 4.97. The van der Waals surface area contributed by atoms with E-state index in [0.717, 1.165) is 0 Å². The van der Waals surface area contributed by atoms with Crippen LogP contribution in [0.2, 0.25) is 0 Å². The van der Waals surface area contributed by atoms with Crippen molar-refractivity contribution in [1.29, 1.82) is 0 Å². The first kappa shape index (κ1) is 68.2. The van der Waals surface area contributed by atoms with Crippen LogP contribution in [-0.2, 0) is 52.1 Å². The van der Waals surface area contributed by atoms with Gasteiger partial charge in [0.2, 0.25) is 0 Å². The van der Waals surface area contributed by atoms with Gasteiger partial charge in [0.25, 0.3) is 0 Å². The molecule has 0 radical (unpaired) electrons. The second kappa shape index (κ2) is 37.8. The molecule has 0 spiro atoms. The van der Waals surface area contributed by atoms with Crippen LogP contribution < -0.4 is 10.6 Å². The highest BCUT2D eigenvalue weighted by Gasteiger charge is 2.54. The Kier molecular flexibility index (Phi) is 37.4. The van der Waals surface area contributed by atoms with Gasteiger partial charge in [-0.05, 0) is 0 Å². The number of ether oxygens (including phenoxy) is 11. The van der Waals surface area contributed by atoms with Gasteiger partial charge in [0.15, 0.2) is 37.7 Å². The Morgan fingerprint density at radius 3 is 1.06 bits per heavy atom. The number of aliphatic hydroxyl groups is 8. The molecule has 0 aromatic heterocycles. The average molecular weight is 1010 g/mol. The summed E-state index contributed by atoms with van der Waals surface area (Å²) in [6.45, 7) is 27.7. The molecule has 0 aromatic rings. The number of hydrogen-bond donors (Lipinski definition) is 10. The number of methoxy groups -OCH3 is 2. The van der Waals surface area contributed by atoms with Crippen LogP contribution in [0, 0.1) is 11.8 Å².